The van der Waals surface area contributed by atoms with E-state index in [1.165, 1.54) is 5.56 Å². The largest absolute Gasteiger partial charge is 0.296 e. The van der Waals surface area contributed by atoms with Crippen molar-refractivity contribution in [2.75, 3.05) is 0 Å². The Bertz CT molecular complexity index is 483. The van der Waals surface area contributed by atoms with Crippen LogP contribution in [0.2, 0.25) is 0 Å². The van der Waals surface area contributed by atoms with Gasteiger partial charge in [0.2, 0.25) is 0 Å². The van der Waals surface area contributed by atoms with Crippen LogP contribution >= 0.6 is 0 Å². The van der Waals surface area contributed by atoms with Crippen molar-refractivity contribution in [3.8, 4) is 11.3 Å². The van der Waals surface area contributed by atoms with Crippen LogP contribution in [0.3, 0.4) is 0 Å². The predicted molar refractivity (Wildman–Crippen MR) is 58.8 cm³/mol. The maximum atomic E-state index is 10.6. The minimum Gasteiger partial charge on any atom is -0.296 e. The first-order chi connectivity index (χ1) is 7.20. The quantitative estimate of drug-likeness (QED) is 0.696. The molecule has 76 valence electrons. The van der Waals surface area contributed by atoms with E-state index in [9.17, 15) is 4.79 Å². The fraction of sp³-hybridized carbons (Fsp3) is 0.167. The number of aryl methyl sites for hydroxylation is 2. The number of hydrogen-bond acceptors (Lipinski definition) is 2. The fourth-order valence-corrected chi connectivity index (χ4v) is 1.54. The Morgan fingerprint density at radius 2 is 1.93 bits per heavy atom. The monoisotopic (exact) mass is 200 g/mol. The van der Waals surface area contributed by atoms with Crippen LogP contribution in [-0.4, -0.2) is 16.1 Å². The van der Waals surface area contributed by atoms with Crippen LogP contribution in [0.25, 0.3) is 11.3 Å². The minimum absolute atomic E-state index is 0.466. The molecule has 3 heteroatoms. The van der Waals surface area contributed by atoms with Gasteiger partial charge in [-0.05, 0) is 18.6 Å². The number of aromatic nitrogens is 2. The molecule has 0 saturated heterocycles. The molecule has 15 heavy (non-hydrogen) atoms. The van der Waals surface area contributed by atoms with Crippen molar-refractivity contribution in [1.82, 2.24) is 9.78 Å². The van der Waals surface area contributed by atoms with Crippen molar-refractivity contribution < 1.29 is 4.79 Å². The second-order valence-electron chi connectivity index (χ2n) is 3.56. The van der Waals surface area contributed by atoms with Crippen LogP contribution in [0.4, 0.5) is 0 Å². The molecule has 0 aliphatic heterocycles. The second-order valence-corrected chi connectivity index (χ2v) is 3.56. The molecular weight excluding hydrogens is 188 g/mol. The minimum atomic E-state index is 0.466. The van der Waals surface area contributed by atoms with Crippen molar-refractivity contribution in [2.24, 2.45) is 7.05 Å². The highest BCUT2D eigenvalue weighted by atomic mass is 16.1. The van der Waals surface area contributed by atoms with Crippen LogP contribution < -0.4 is 0 Å². The molecule has 1 aromatic heterocycles. The number of benzene rings is 1. The van der Waals surface area contributed by atoms with E-state index in [0.717, 1.165) is 17.5 Å². The first kappa shape index (κ1) is 9.65. The first-order valence-electron chi connectivity index (χ1n) is 4.77. The van der Waals surface area contributed by atoms with Crippen molar-refractivity contribution in [3.63, 3.8) is 0 Å². The topological polar surface area (TPSA) is 34.9 Å². The molecule has 0 N–H and O–H groups in total. The maximum absolute atomic E-state index is 10.6. The SMILES string of the molecule is Cc1ccc(-c2cc(C=O)nn2C)cc1. The van der Waals surface area contributed by atoms with E-state index in [-0.39, 0.29) is 0 Å². The zero-order valence-electron chi connectivity index (χ0n) is 8.77. The molecule has 0 spiro atoms. The van der Waals surface area contributed by atoms with Gasteiger partial charge in [-0.1, -0.05) is 29.8 Å². The van der Waals surface area contributed by atoms with Gasteiger partial charge in [-0.15, -0.1) is 0 Å². The lowest BCUT2D eigenvalue weighted by Gasteiger charge is -2.01. The molecule has 1 heterocycles. The van der Waals surface area contributed by atoms with Crippen molar-refractivity contribution in [1.29, 1.82) is 0 Å². The first-order valence-corrected chi connectivity index (χ1v) is 4.77. The number of carbonyl (C=O) groups excluding carboxylic acids is 1. The summed E-state index contributed by atoms with van der Waals surface area (Å²) in [6.07, 6.45) is 0.762. The van der Waals surface area contributed by atoms with Crippen LogP contribution in [0, 0.1) is 6.92 Å². The molecule has 2 aromatic rings. The normalized spacial score (nSPS) is 10.3. The molecule has 0 aliphatic carbocycles. The standard InChI is InChI=1S/C12H12N2O/c1-9-3-5-10(6-4-9)12-7-11(8-15)13-14(12)2/h3-8H,1-2H3. The second kappa shape index (κ2) is 3.69. The smallest absolute Gasteiger partial charge is 0.170 e. The fourth-order valence-electron chi connectivity index (χ4n) is 1.54. The lowest BCUT2D eigenvalue weighted by molar-refractivity contribution is 0.111. The average molecular weight is 200 g/mol. The van der Waals surface area contributed by atoms with Gasteiger partial charge in [-0.2, -0.15) is 5.10 Å². The van der Waals surface area contributed by atoms with Crippen molar-refractivity contribution in [3.05, 3.63) is 41.6 Å². The third kappa shape index (κ3) is 1.81. The zero-order chi connectivity index (χ0) is 10.8. The Morgan fingerprint density at radius 1 is 1.27 bits per heavy atom. The van der Waals surface area contributed by atoms with E-state index < -0.39 is 0 Å². The molecule has 0 aliphatic rings. The zero-order valence-corrected chi connectivity index (χ0v) is 8.77. The molecule has 0 unspecified atom stereocenters. The summed E-state index contributed by atoms with van der Waals surface area (Å²) in [5, 5.41) is 4.08. The Morgan fingerprint density at radius 3 is 2.47 bits per heavy atom. The summed E-state index contributed by atoms with van der Waals surface area (Å²) in [5.41, 5.74) is 3.71. The van der Waals surface area contributed by atoms with Gasteiger partial charge in [-0.25, -0.2) is 0 Å². The average Bonchev–Trinajstić information content (AvgIpc) is 2.61. The van der Waals surface area contributed by atoms with Gasteiger partial charge in [0, 0.05) is 7.05 Å². The van der Waals surface area contributed by atoms with E-state index >= 15 is 0 Å². The Kier molecular flexibility index (Phi) is 2.37. The van der Waals surface area contributed by atoms with Gasteiger partial charge >= 0.3 is 0 Å². The molecular formula is C12H12N2O. The van der Waals surface area contributed by atoms with E-state index in [2.05, 4.69) is 5.10 Å². The number of aldehydes is 1. The molecule has 0 fully saturated rings. The summed E-state index contributed by atoms with van der Waals surface area (Å²) in [5.74, 6) is 0. The van der Waals surface area contributed by atoms with Gasteiger partial charge in [0.15, 0.2) is 6.29 Å². The molecule has 0 bridgehead atoms. The van der Waals surface area contributed by atoms with Gasteiger partial charge in [-0.3, -0.25) is 9.48 Å². The molecule has 2 rings (SSSR count). The third-order valence-electron chi connectivity index (χ3n) is 2.37. The predicted octanol–water partition coefficient (Wildman–Crippen LogP) is 2.21. The van der Waals surface area contributed by atoms with Crippen LogP contribution in [0.15, 0.2) is 30.3 Å². The van der Waals surface area contributed by atoms with Gasteiger partial charge in [0.1, 0.15) is 5.69 Å². The van der Waals surface area contributed by atoms with E-state index in [0.29, 0.717) is 5.69 Å². The van der Waals surface area contributed by atoms with Gasteiger partial charge < -0.3 is 0 Å². The summed E-state index contributed by atoms with van der Waals surface area (Å²) >= 11 is 0. The maximum Gasteiger partial charge on any atom is 0.170 e. The van der Waals surface area contributed by atoms with E-state index in [1.54, 1.807) is 10.7 Å². The van der Waals surface area contributed by atoms with E-state index in [4.69, 9.17) is 0 Å². The number of nitrogens with zero attached hydrogens (tertiary/aromatic N) is 2. The summed E-state index contributed by atoms with van der Waals surface area (Å²) in [6.45, 7) is 2.05. The number of carbonyl (C=O) groups is 1. The Balaban J connectivity index is 2.48. The summed E-state index contributed by atoms with van der Waals surface area (Å²) in [7, 11) is 1.84. The molecule has 1 aromatic carbocycles. The molecule has 0 amide bonds. The Hall–Kier alpha value is -1.90. The van der Waals surface area contributed by atoms with Crippen LogP contribution in [0.1, 0.15) is 16.1 Å². The lowest BCUT2D eigenvalue weighted by Crippen LogP contribution is -1.94. The summed E-state index contributed by atoms with van der Waals surface area (Å²) in [4.78, 5) is 10.6. The highest BCUT2D eigenvalue weighted by Crippen LogP contribution is 2.19. The summed E-state index contributed by atoms with van der Waals surface area (Å²) in [6, 6.07) is 9.94. The molecule has 0 saturated carbocycles. The van der Waals surface area contributed by atoms with Crippen LogP contribution in [0.5, 0.6) is 0 Å². The molecule has 0 atom stereocenters. The highest BCUT2D eigenvalue weighted by Gasteiger charge is 2.05. The lowest BCUT2D eigenvalue weighted by atomic mass is 10.1. The van der Waals surface area contributed by atoms with Crippen LogP contribution in [-0.2, 0) is 7.05 Å². The Labute approximate surface area is 88.4 Å². The van der Waals surface area contributed by atoms with Gasteiger partial charge in [0.05, 0.1) is 5.69 Å². The molecule has 3 nitrogen and oxygen atoms in total. The van der Waals surface area contributed by atoms with Crippen molar-refractivity contribution in [2.45, 2.75) is 6.92 Å². The summed E-state index contributed by atoms with van der Waals surface area (Å²) < 4.78 is 1.72. The molecule has 0 radical (unpaired) electrons. The third-order valence-corrected chi connectivity index (χ3v) is 2.37. The number of hydrogen-bond donors (Lipinski definition) is 0. The van der Waals surface area contributed by atoms with Gasteiger partial charge in [0.25, 0.3) is 0 Å². The van der Waals surface area contributed by atoms with E-state index in [1.807, 2.05) is 38.2 Å². The highest BCUT2D eigenvalue weighted by molar-refractivity contribution is 5.75. The number of rotatable bonds is 2. The van der Waals surface area contributed by atoms with Crippen molar-refractivity contribution >= 4 is 6.29 Å².